The number of aliphatic hydroxyl groups is 1. The number of nitrogens with zero attached hydrogens (tertiary/aromatic N) is 4. The molecule has 1 aromatic carbocycles. The van der Waals surface area contributed by atoms with Crippen LogP contribution < -0.4 is 5.73 Å². The van der Waals surface area contributed by atoms with Crippen molar-refractivity contribution >= 4 is 42.4 Å². The third-order valence-corrected chi connectivity index (χ3v) is 11.3. The molecule has 0 amide bonds. The Kier molecular flexibility index (Phi) is 24.2. The van der Waals surface area contributed by atoms with Gasteiger partial charge >= 0.3 is 7.82 Å². The van der Waals surface area contributed by atoms with E-state index in [1.165, 1.54) is 108 Å². The SMILES string of the molecule is CCCCCCCCCCCCCCCCCCOC[C@H](COP(=O)(O)OC[C@@H](OC#N)[C@H](Cc1ccc2c(N)ncnn12)OC(C)(C)O)OCc1ccc(Cl)cc1Cl. The largest absolute Gasteiger partial charge is 0.472 e. The van der Waals surface area contributed by atoms with E-state index in [0.29, 0.717) is 33.4 Å². The van der Waals surface area contributed by atoms with Gasteiger partial charge in [0.25, 0.3) is 6.26 Å². The van der Waals surface area contributed by atoms with Gasteiger partial charge in [0.05, 0.1) is 26.4 Å². The number of hydrogen-bond donors (Lipinski definition) is 3. The second-order valence-electron chi connectivity index (χ2n) is 15.4. The van der Waals surface area contributed by atoms with Gasteiger partial charge in [0.2, 0.25) is 0 Å². The molecule has 4 N–H and O–H groups in total. The number of phosphoric ester groups is 1. The molecule has 0 saturated heterocycles. The van der Waals surface area contributed by atoms with E-state index in [0.717, 1.165) is 19.3 Å². The Morgan fingerprint density at radius 1 is 0.881 bits per heavy atom. The van der Waals surface area contributed by atoms with Crippen LogP contribution in [0.25, 0.3) is 5.52 Å². The Bertz CT molecular complexity index is 1710. The number of nitriles is 1. The van der Waals surface area contributed by atoms with Gasteiger partial charge in [-0.25, -0.2) is 14.1 Å². The molecular formula is C42H66Cl2N5O9P. The smallest absolute Gasteiger partial charge is 0.419 e. The maximum Gasteiger partial charge on any atom is 0.472 e. The van der Waals surface area contributed by atoms with Crippen molar-refractivity contribution in [2.75, 3.05) is 32.2 Å². The van der Waals surface area contributed by atoms with E-state index in [-0.39, 0.29) is 32.1 Å². The number of nitrogens with two attached hydrogens (primary N) is 1. The van der Waals surface area contributed by atoms with Gasteiger partial charge in [-0.05, 0) is 50.1 Å². The van der Waals surface area contributed by atoms with E-state index < -0.39 is 38.5 Å². The van der Waals surface area contributed by atoms with E-state index in [1.807, 2.05) is 0 Å². The van der Waals surface area contributed by atoms with Gasteiger partial charge in [0, 0.05) is 28.8 Å². The highest BCUT2D eigenvalue weighted by Gasteiger charge is 2.34. The highest BCUT2D eigenvalue weighted by molar-refractivity contribution is 7.47. The number of phosphoric acid groups is 1. The van der Waals surface area contributed by atoms with Crippen LogP contribution in [0.3, 0.4) is 0 Å². The molecule has 2 aromatic heterocycles. The Labute approximate surface area is 360 Å². The van der Waals surface area contributed by atoms with Crippen LogP contribution in [-0.4, -0.2) is 75.1 Å². The van der Waals surface area contributed by atoms with Crippen molar-refractivity contribution in [3.05, 3.63) is 58.0 Å². The molecule has 0 spiro atoms. The van der Waals surface area contributed by atoms with Crippen LogP contribution in [0.4, 0.5) is 5.82 Å². The second kappa shape index (κ2) is 28.1. The van der Waals surface area contributed by atoms with Crippen LogP contribution in [0.1, 0.15) is 135 Å². The number of hydrogen-bond acceptors (Lipinski definition) is 12. The molecule has 0 saturated carbocycles. The maximum absolute atomic E-state index is 13.2. The summed E-state index contributed by atoms with van der Waals surface area (Å²) in [5.74, 6) is -1.42. The summed E-state index contributed by atoms with van der Waals surface area (Å²) in [5.41, 5.74) is 7.76. The number of benzene rings is 1. The molecule has 0 aliphatic rings. The van der Waals surface area contributed by atoms with Crippen molar-refractivity contribution in [2.24, 2.45) is 0 Å². The fourth-order valence-corrected chi connectivity index (χ4v) is 7.84. The molecule has 3 rings (SSSR count). The first-order chi connectivity index (χ1) is 28.3. The Hall–Kier alpha value is -2.54. The first-order valence-corrected chi connectivity index (χ1v) is 23.3. The van der Waals surface area contributed by atoms with Gasteiger partial charge in [-0.2, -0.15) is 10.4 Å². The topological polar surface area (TPSA) is 193 Å². The minimum Gasteiger partial charge on any atom is -0.419 e. The number of anilines is 1. The van der Waals surface area contributed by atoms with Crippen LogP contribution in [0.2, 0.25) is 10.0 Å². The Morgan fingerprint density at radius 2 is 1.49 bits per heavy atom. The van der Waals surface area contributed by atoms with Crippen LogP contribution in [0.15, 0.2) is 36.7 Å². The molecule has 0 aliphatic carbocycles. The fourth-order valence-electron chi connectivity index (χ4n) is 6.61. The lowest BCUT2D eigenvalue weighted by molar-refractivity contribution is -0.226. The molecule has 4 atom stereocenters. The lowest BCUT2D eigenvalue weighted by Crippen LogP contribution is -2.42. The van der Waals surface area contributed by atoms with Crippen molar-refractivity contribution in [3.63, 3.8) is 0 Å². The molecule has 17 heteroatoms. The molecule has 59 heavy (non-hydrogen) atoms. The monoisotopic (exact) mass is 885 g/mol. The third kappa shape index (κ3) is 21.2. The van der Waals surface area contributed by atoms with E-state index in [2.05, 4.69) is 17.0 Å². The summed E-state index contributed by atoms with van der Waals surface area (Å²) < 4.78 is 48.4. The normalized spacial score (nSPS) is 14.5. The number of rotatable bonds is 34. The molecule has 1 unspecified atom stereocenters. The summed E-state index contributed by atoms with van der Waals surface area (Å²) in [7, 11) is -4.75. The molecular weight excluding hydrogens is 820 g/mol. The van der Waals surface area contributed by atoms with E-state index >= 15 is 0 Å². The van der Waals surface area contributed by atoms with E-state index in [9.17, 15) is 19.8 Å². The average Bonchev–Trinajstić information content (AvgIpc) is 3.60. The Morgan fingerprint density at radius 3 is 2.08 bits per heavy atom. The molecule has 3 aromatic rings. The predicted molar refractivity (Wildman–Crippen MR) is 230 cm³/mol. The number of fused-ring (bicyclic) bond motifs is 1. The predicted octanol–water partition coefficient (Wildman–Crippen LogP) is 10.1. The summed E-state index contributed by atoms with van der Waals surface area (Å²) in [6.07, 6.45) is 20.3. The molecule has 0 radical (unpaired) electrons. The van der Waals surface area contributed by atoms with Crippen molar-refractivity contribution in [1.82, 2.24) is 14.6 Å². The van der Waals surface area contributed by atoms with Crippen molar-refractivity contribution in [1.29, 1.82) is 5.26 Å². The zero-order valence-electron chi connectivity index (χ0n) is 35.1. The van der Waals surface area contributed by atoms with Crippen molar-refractivity contribution < 1.29 is 42.6 Å². The first-order valence-electron chi connectivity index (χ1n) is 21.1. The lowest BCUT2D eigenvalue weighted by atomic mass is 10.0. The highest BCUT2D eigenvalue weighted by atomic mass is 35.5. The fraction of sp³-hybridized carbons (Fsp3) is 0.690. The van der Waals surface area contributed by atoms with Crippen LogP contribution in [0, 0.1) is 11.5 Å². The molecule has 0 fully saturated rings. The minimum absolute atomic E-state index is 0.0425. The summed E-state index contributed by atoms with van der Waals surface area (Å²) in [6, 6.07) is 8.47. The molecule has 0 aliphatic heterocycles. The van der Waals surface area contributed by atoms with Crippen molar-refractivity contribution in [2.45, 2.75) is 161 Å². The highest BCUT2D eigenvalue weighted by Crippen LogP contribution is 2.44. The summed E-state index contributed by atoms with van der Waals surface area (Å²) >= 11 is 12.4. The van der Waals surface area contributed by atoms with E-state index in [4.69, 9.17) is 56.9 Å². The van der Waals surface area contributed by atoms with Gasteiger partial charge in [-0.3, -0.25) is 9.05 Å². The molecule has 0 bridgehead atoms. The average molecular weight is 887 g/mol. The first kappa shape index (κ1) is 50.8. The third-order valence-electron chi connectivity index (χ3n) is 9.79. The quantitative estimate of drug-likeness (QED) is 0.0222. The summed E-state index contributed by atoms with van der Waals surface area (Å²) in [5, 5.41) is 25.1. The number of nitrogen functional groups attached to an aromatic ring is 1. The molecule has 332 valence electrons. The number of aromatic nitrogens is 3. The van der Waals surface area contributed by atoms with E-state index in [1.54, 1.807) is 36.6 Å². The van der Waals surface area contributed by atoms with Crippen LogP contribution in [-0.2, 0) is 45.6 Å². The van der Waals surface area contributed by atoms with Crippen LogP contribution in [0.5, 0.6) is 0 Å². The lowest BCUT2D eigenvalue weighted by Gasteiger charge is -2.30. The summed E-state index contributed by atoms with van der Waals surface area (Å²) in [4.78, 5) is 14.7. The standard InChI is InChI=1S/C42H66Cl2N5O9P/c1-4-5-6-7-8-9-10-11-12-13-14-15-16-17-18-19-24-53-28-36(54-27-33-20-21-34(43)25-37(33)44)29-56-59(51,52)57-30-40(55-31-45)39(58-42(2,3)50)26-35-22-23-38-41(46)47-32-48-49(35)38/h20-23,25,32,36,39-40,50H,4-19,24,26-30H2,1-3H3,(H,51,52)(H2,46,47,48)/t36-,39+,40-/m1/s1. The minimum atomic E-state index is -4.75. The van der Waals surface area contributed by atoms with Gasteiger partial charge in [-0.1, -0.05) is 133 Å². The number of ether oxygens (including phenoxy) is 4. The van der Waals surface area contributed by atoms with Gasteiger partial charge in [0.1, 0.15) is 24.1 Å². The van der Waals surface area contributed by atoms with Crippen molar-refractivity contribution in [3.8, 4) is 6.26 Å². The zero-order valence-corrected chi connectivity index (χ0v) is 37.5. The van der Waals surface area contributed by atoms with Gasteiger partial charge in [0.15, 0.2) is 17.7 Å². The second-order valence-corrected chi connectivity index (χ2v) is 17.7. The number of halogens is 2. The molecule has 14 nitrogen and oxygen atoms in total. The Balaban J connectivity index is 1.46. The van der Waals surface area contributed by atoms with Gasteiger partial charge < -0.3 is 34.7 Å². The summed E-state index contributed by atoms with van der Waals surface area (Å²) in [6.45, 7) is 4.76. The number of unbranched alkanes of at least 4 members (excludes halogenated alkanes) is 15. The maximum atomic E-state index is 13.2. The van der Waals surface area contributed by atoms with Crippen LogP contribution >= 0.6 is 31.0 Å². The zero-order chi connectivity index (χ0) is 42.9. The van der Waals surface area contributed by atoms with Gasteiger partial charge in [-0.15, -0.1) is 0 Å². The molecule has 2 heterocycles.